The number of amides is 3. The first-order chi connectivity index (χ1) is 13.3. The van der Waals surface area contributed by atoms with Crippen LogP contribution in [0.5, 0.6) is 5.75 Å². The average molecular weight is 513 g/mol. The molecule has 3 amide bonds. The molecule has 1 saturated heterocycles. The summed E-state index contributed by atoms with van der Waals surface area (Å²) in [5, 5.41) is 11.8. The zero-order valence-corrected chi connectivity index (χ0v) is 17.2. The number of carboxylic acid groups (broad SMARTS) is 1. The summed E-state index contributed by atoms with van der Waals surface area (Å²) < 4.78 is 5.85. The van der Waals surface area contributed by atoms with Crippen LogP contribution in [0.4, 0.5) is 4.79 Å². The predicted molar refractivity (Wildman–Crippen MR) is 111 cm³/mol. The van der Waals surface area contributed by atoms with E-state index in [4.69, 9.17) is 21.4 Å². The van der Waals surface area contributed by atoms with Crippen LogP contribution in [-0.4, -0.2) is 34.5 Å². The van der Waals surface area contributed by atoms with Crippen LogP contribution in [0.15, 0.2) is 48.2 Å². The van der Waals surface area contributed by atoms with E-state index in [0.29, 0.717) is 19.9 Å². The van der Waals surface area contributed by atoms with E-state index in [-0.39, 0.29) is 12.2 Å². The molecule has 3 rings (SSSR count). The van der Waals surface area contributed by atoms with Gasteiger partial charge in [0.2, 0.25) is 0 Å². The lowest BCUT2D eigenvalue weighted by molar-refractivity contribution is -0.139. The molecule has 2 N–H and O–H groups in total. The van der Waals surface area contributed by atoms with Gasteiger partial charge in [-0.05, 0) is 64.1 Å². The van der Waals surface area contributed by atoms with E-state index in [1.807, 2.05) is 22.6 Å². The summed E-state index contributed by atoms with van der Waals surface area (Å²) in [4.78, 5) is 36.5. The molecule has 2 aromatic carbocycles. The monoisotopic (exact) mass is 512 g/mol. The van der Waals surface area contributed by atoms with Crippen molar-refractivity contribution in [2.24, 2.45) is 0 Å². The molecule has 0 bridgehead atoms. The lowest BCUT2D eigenvalue weighted by atomic mass is 10.1. The SMILES string of the molecule is O=C(O)COc1ccc(/C=C2\NC(=O)N(Cc3ccc(Cl)cc3)C2=O)cc1I. The maximum atomic E-state index is 12.6. The Hall–Kier alpha value is -2.59. The highest BCUT2D eigenvalue weighted by atomic mass is 127. The molecule has 2 aromatic rings. The summed E-state index contributed by atoms with van der Waals surface area (Å²) in [6.07, 6.45) is 1.56. The number of aliphatic carboxylic acids is 1. The average Bonchev–Trinajstić information content (AvgIpc) is 2.90. The van der Waals surface area contributed by atoms with E-state index in [2.05, 4.69) is 5.32 Å². The number of carboxylic acids is 1. The Kier molecular flexibility index (Phi) is 6.20. The third-order valence-corrected chi connectivity index (χ3v) is 4.93. The number of imide groups is 1. The largest absolute Gasteiger partial charge is 0.481 e. The molecule has 0 aliphatic carbocycles. The van der Waals surface area contributed by atoms with Gasteiger partial charge in [-0.25, -0.2) is 9.59 Å². The summed E-state index contributed by atoms with van der Waals surface area (Å²) in [7, 11) is 0. The summed E-state index contributed by atoms with van der Waals surface area (Å²) in [5.74, 6) is -1.07. The number of ether oxygens (including phenoxy) is 1. The second-order valence-corrected chi connectivity index (χ2v) is 7.48. The van der Waals surface area contributed by atoms with Crippen LogP contribution in [0.1, 0.15) is 11.1 Å². The minimum Gasteiger partial charge on any atom is -0.481 e. The number of nitrogens with one attached hydrogen (secondary N) is 1. The minimum absolute atomic E-state index is 0.138. The van der Waals surface area contributed by atoms with E-state index < -0.39 is 24.5 Å². The van der Waals surface area contributed by atoms with Crippen molar-refractivity contribution >= 4 is 58.2 Å². The van der Waals surface area contributed by atoms with Gasteiger partial charge in [0, 0.05) is 5.02 Å². The van der Waals surface area contributed by atoms with Gasteiger partial charge in [0.15, 0.2) is 6.61 Å². The van der Waals surface area contributed by atoms with Gasteiger partial charge in [-0.3, -0.25) is 9.69 Å². The maximum absolute atomic E-state index is 12.6. The third kappa shape index (κ3) is 4.82. The fourth-order valence-corrected chi connectivity index (χ4v) is 3.34. The van der Waals surface area contributed by atoms with Crippen LogP contribution in [0, 0.1) is 3.57 Å². The third-order valence-electron chi connectivity index (χ3n) is 3.83. The predicted octanol–water partition coefficient (Wildman–Crippen LogP) is 3.50. The Morgan fingerprint density at radius 3 is 2.57 bits per heavy atom. The van der Waals surface area contributed by atoms with Crippen LogP contribution in [0.25, 0.3) is 6.08 Å². The van der Waals surface area contributed by atoms with Crippen LogP contribution in [0.3, 0.4) is 0 Å². The Morgan fingerprint density at radius 2 is 1.93 bits per heavy atom. The molecule has 1 fully saturated rings. The van der Waals surface area contributed by atoms with E-state index in [1.54, 1.807) is 48.5 Å². The summed E-state index contributed by atoms with van der Waals surface area (Å²) in [5.41, 5.74) is 1.61. The van der Waals surface area contributed by atoms with Gasteiger partial charge in [0.1, 0.15) is 11.4 Å². The number of urea groups is 1. The Labute approximate surface area is 179 Å². The van der Waals surface area contributed by atoms with Gasteiger partial charge >= 0.3 is 12.0 Å². The standard InChI is InChI=1S/C19H14ClIN2O5/c20-13-4-1-11(2-5-13)9-23-18(26)15(22-19(23)27)8-12-3-6-16(14(21)7-12)28-10-17(24)25/h1-8H,9-10H2,(H,22,27)(H,24,25)/b15-8-. The van der Waals surface area contributed by atoms with E-state index in [9.17, 15) is 14.4 Å². The highest BCUT2D eigenvalue weighted by Gasteiger charge is 2.33. The molecule has 1 aliphatic rings. The normalized spacial score (nSPS) is 15.1. The molecular formula is C19H14ClIN2O5. The molecule has 0 radical (unpaired) electrons. The van der Waals surface area contributed by atoms with Crippen molar-refractivity contribution in [3.05, 3.63) is 67.9 Å². The molecule has 1 aliphatic heterocycles. The number of carbonyl (C=O) groups excluding carboxylic acids is 2. The molecular weight excluding hydrogens is 499 g/mol. The molecule has 28 heavy (non-hydrogen) atoms. The topological polar surface area (TPSA) is 95.9 Å². The first-order valence-corrected chi connectivity index (χ1v) is 9.52. The Balaban J connectivity index is 1.75. The summed E-state index contributed by atoms with van der Waals surface area (Å²) in [6, 6.07) is 11.4. The zero-order valence-electron chi connectivity index (χ0n) is 14.3. The van der Waals surface area contributed by atoms with E-state index in [0.717, 1.165) is 10.5 Å². The molecule has 0 spiro atoms. The van der Waals surface area contributed by atoms with Crippen molar-refractivity contribution in [1.29, 1.82) is 0 Å². The van der Waals surface area contributed by atoms with Gasteiger partial charge in [-0.1, -0.05) is 29.8 Å². The smallest absolute Gasteiger partial charge is 0.341 e. The van der Waals surface area contributed by atoms with E-state index >= 15 is 0 Å². The fourth-order valence-electron chi connectivity index (χ4n) is 2.52. The van der Waals surface area contributed by atoms with Gasteiger partial charge in [-0.2, -0.15) is 0 Å². The molecule has 0 atom stereocenters. The van der Waals surface area contributed by atoms with Crippen molar-refractivity contribution in [3.8, 4) is 5.75 Å². The number of halogens is 2. The zero-order chi connectivity index (χ0) is 20.3. The van der Waals surface area contributed by atoms with Crippen LogP contribution >= 0.6 is 34.2 Å². The van der Waals surface area contributed by atoms with Gasteiger partial charge in [0.05, 0.1) is 10.1 Å². The van der Waals surface area contributed by atoms with Crippen molar-refractivity contribution in [3.63, 3.8) is 0 Å². The highest BCUT2D eigenvalue weighted by Crippen LogP contribution is 2.24. The van der Waals surface area contributed by atoms with Crippen LogP contribution < -0.4 is 10.1 Å². The minimum atomic E-state index is -1.07. The van der Waals surface area contributed by atoms with Gasteiger partial charge in [-0.15, -0.1) is 0 Å². The first-order valence-electron chi connectivity index (χ1n) is 8.06. The lowest BCUT2D eigenvalue weighted by Gasteiger charge is -2.11. The molecule has 0 saturated carbocycles. The van der Waals surface area contributed by atoms with Crippen molar-refractivity contribution in [1.82, 2.24) is 10.2 Å². The molecule has 9 heteroatoms. The van der Waals surface area contributed by atoms with Crippen molar-refractivity contribution < 1.29 is 24.2 Å². The Bertz CT molecular complexity index is 975. The molecule has 1 heterocycles. The number of benzene rings is 2. The number of carbonyl (C=O) groups is 3. The highest BCUT2D eigenvalue weighted by molar-refractivity contribution is 14.1. The van der Waals surface area contributed by atoms with Crippen LogP contribution in [0.2, 0.25) is 5.02 Å². The summed E-state index contributed by atoms with van der Waals surface area (Å²) in [6.45, 7) is -0.302. The molecule has 7 nitrogen and oxygen atoms in total. The molecule has 0 unspecified atom stereocenters. The number of rotatable bonds is 6. The van der Waals surface area contributed by atoms with Crippen molar-refractivity contribution in [2.45, 2.75) is 6.54 Å². The van der Waals surface area contributed by atoms with Gasteiger partial charge in [0.25, 0.3) is 5.91 Å². The van der Waals surface area contributed by atoms with Crippen molar-refractivity contribution in [2.75, 3.05) is 6.61 Å². The van der Waals surface area contributed by atoms with Gasteiger partial charge < -0.3 is 15.2 Å². The molecule has 0 aromatic heterocycles. The maximum Gasteiger partial charge on any atom is 0.341 e. The number of nitrogens with zero attached hydrogens (tertiary/aromatic N) is 1. The fraction of sp³-hybridized carbons (Fsp3) is 0.105. The first kappa shape index (κ1) is 20.2. The quantitative estimate of drug-likeness (QED) is 0.351. The number of hydrogen-bond donors (Lipinski definition) is 2. The second-order valence-electron chi connectivity index (χ2n) is 5.88. The lowest BCUT2D eigenvalue weighted by Crippen LogP contribution is -2.30. The second kappa shape index (κ2) is 8.61. The summed E-state index contributed by atoms with van der Waals surface area (Å²) >= 11 is 7.86. The van der Waals surface area contributed by atoms with Crippen LogP contribution in [-0.2, 0) is 16.1 Å². The number of hydrogen-bond acceptors (Lipinski definition) is 4. The Morgan fingerprint density at radius 1 is 1.21 bits per heavy atom. The van der Waals surface area contributed by atoms with E-state index in [1.165, 1.54) is 0 Å². The molecule has 144 valence electrons.